The van der Waals surface area contributed by atoms with Gasteiger partial charge in [0, 0.05) is 11.7 Å². The molecule has 0 bridgehead atoms. The van der Waals surface area contributed by atoms with Crippen LogP contribution < -0.4 is 0 Å². The number of hydrogen-bond donors (Lipinski definition) is 0. The van der Waals surface area contributed by atoms with E-state index in [0.29, 0.717) is 40.9 Å². The zero-order valence-electron chi connectivity index (χ0n) is 12.2. The highest BCUT2D eigenvalue weighted by Crippen LogP contribution is 2.29. The monoisotopic (exact) mass is 318 g/mol. The normalized spacial score (nSPS) is 24.6. The van der Waals surface area contributed by atoms with E-state index in [0.717, 1.165) is 6.42 Å². The van der Waals surface area contributed by atoms with Crippen LogP contribution in [0.15, 0.2) is 9.64 Å². The van der Waals surface area contributed by atoms with Crippen molar-refractivity contribution in [1.82, 2.24) is 10.2 Å². The molecule has 0 saturated carbocycles. The third-order valence-electron chi connectivity index (χ3n) is 3.97. The summed E-state index contributed by atoms with van der Waals surface area (Å²) in [7, 11) is -2.84. The van der Waals surface area contributed by atoms with Gasteiger partial charge in [-0.2, -0.15) is 0 Å². The summed E-state index contributed by atoms with van der Waals surface area (Å²) in [6.07, 6.45) is 2.40. The molecule has 0 aromatic carbocycles. The number of rotatable bonds is 6. The maximum atomic E-state index is 11.4. The lowest BCUT2D eigenvalue weighted by Crippen LogP contribution is -2.08. The Morgan fingerprint density at radius 1 is 1.40 bits per heavy atom. The first kappa shape index (κ1) is 15.8. The Bertz CT molecular complexity index is 542. The molecule has 0 amide bonds. The van der Waals surface area contributed by atoms with Gasteiger partial charge in [0.2, 0.25) is 5.89 Å². The van der Waals surface area contributed by atoms with E-state index >= 15 is 0 Å². The SMILES string of the molecule is CC[C@H](C)[C@@H](C)Sc1nnc(C[C@@H]2CCS(=O)(=O)C2)o1. The fourth-order valence-corrected chi connectivity index (χ4v) is 5.09. The maximum absolute atomic E-state index is 11.4. The predicted molar refractivity (Wildman–Crippen MR) is 79.5 cm³/mol. The van der Waals surface area contributed by atoms with Crippen molar-refractivity contribution < 1.29 is 12.8 Å². The van der Waals surface area contributed by atoms with Gasteiger partial charge in [-0.15, -0.1) is 10.2 Å². The molecule has 1 fully saturated rings. The third-order valence-corrected chi connectivity index (χ3v) is 7.01. The van der Waals surface area contributed by atoms with Gasteiger partial charge < -0.3 is 4.42 Å². The van der Waals surface area contributed by atoms with E-state index in [9.17, 15) is 8.42 Å². The van der Waals surface area contributed by atoms with Crippen molar-refractivity contribution in [3.8, 4) is 0 Å². The molecule has 2 rings (SSSR count). The van der Waals surface area contributed by atoms with Crippen LogP contribution in [0.25, 0.3) is 0 Å². The molecule has 3 atom stereocenters. The zero-order valence-corrected chi connectivity index (χ0v) is 13.8. The van der Waals surface area contributed by atoms with Crippen molar-refractivity contribution in [2.24, 2.45) is 11.8 Å². The van der Waals surface area contributed by atoms with Gasteiger partial charge in [0.15, 0.2) is 9.84 Å². The first-order valence-electron chi connectivity index (χ1n) is 7.09. The van der Waals surface area contributed by atoms with Crippen LogP contribution in [-0.2, 0) is 16.3 Å². The number of nitrogens with zero attached hydrogens (tertiary/aromatic N) is 2. The summed E-state index contributed by atoms with van der Waals surface area (Å²) < 4.78 is 28.5. The van der Waals surface area contributed by atoms with Crippen LogP contribution in [0.2, 0.25) is 0 Å². The molecule has 1 saturated heterocycles. The molecular formula is C13H22N2O3S2. The van der Waals surface area contributed by atoms with E-state index in [2.05, 4.69) is 31.0 Å². The molecule has 1 aromatic rings. The summed E-state index contributed by atoms with van der Waals surface area (Å²) >= 11 is 1.60. The quantitative estimate of drug-likeness (QED) is 0.751. The van der Waals surface area contributed by atoms with Crippen LogP contribution in [0.1, 0.15) is 39.5 Å². The molecule has 1 aliphatic heterocycles. The Morgan fingerprint density at radius 3 is 2.75 bits per heavy atom. The molecule has 0 radical (unpaired) electrons. The molecule has 1 aromatic heterocycles. The van der Waals surface area contributed by atoms with E-state index in [1.54, 1.807) is 11.8 Å². The van der Waals surface area contributed by atoms with E-state index in [1.165, 1.54) is 0 Å². The van der Waals surface area contributed by atoms with E-state index in [4.69, 9.17) is 4.42 Å². The van der Waals surface area contributed by atoms with Gasteiger partial charge in [-0.3, -0.25) is 0 Å². The van der Waals surface area contributed by atoms with E-state index in [-0.39, 0.29) is 11.7 Å². The molecule has 114 valence electrons. The molecule has 0 aliphatic carbocycles. The highest BCUT2D eigenvalue weighted by atomic mass is 32.2. The van der Waals surface area contributed by atoms with E-state index < -0.39 is 9.84 Å². The molecule has 0 N–H and O–H groups in total. The lowest BCUT2D eigenvalue weighted by Gasteiger charge is -2.14. The van der Waals surface area contributed by atoms with Gasteiger partial charge in [0.05, 0.1) is 11.5 Å². The van der Waals surface area contributed by atoms with Gasteiger partial charge in [-0.25, -0.2) is 8.42 Å². The molecule has 1 aliphatic rings. The number of aromatic nitrogens is 2. The van der Waals surface area contributed by atoms with Crippen molar-refractivity contribution >= 4 is 21.6 Å². The Balaban J connectivity index is 1.89. The second-order valence-electron chi connectivity index (χ2n) is 5.64. The molecule has 7 heteroatoms. The Labute approximate surface area is 124 Å². The minimum atomic E-state index is -2.84. The molecule has 20 heavy (non-hydrogen) atoms. The van der Waals surface area contributed by atoms with E-state index in [1.807, 2.05) is 0 Å². The molecular weight excluding hydrogens is 296 g/mol. The van der Waals surface area contributed by atoms with Crippen LogP contribution in [0.5, 0.6) is 0 Å². The van der Waals surface area contributed by atoms with Crippen molar-refractivity contribution in [1.29, 1.82) is 0 Å². The average molecular weight is 318 g/mol. The zero-order chi connectivity index (χ0) is 14.8. The summed E-state index contributed by atoms with van der Waals surface area (Å²) in [5.74, 6) is 1.83. The minimum absolute atomic E-state index is 0.130. The molecule has 0 spiro atoms. The lowest BCUT2D eigenvalue weighted by atomic mass is 10.1. The molecule has 0 unspecified atom stereocenters. The van der Waals surface area contributed by atoms with Gasteiger partial charge in [-0.1, -0.05) is 39.0 Å². The van der Waals surface area contributed by atoms with Gasteiger partial charge in [0.25, 0.3) is 5.22 Å². The Hall–Kier alpha value is -0.560. The lowest BCUT2D eigenvalue weighted by molar-refractivity contribution is 0.387. The van der Waals surface area contributed by atoms with Crippen LogP contribution in [-0.4, -0.2) is 35.4 Å². The molecule has 5 nitrogen and oxygen atoms in total. The fraction of sp³-hybridized carbons (Fsp3) is 0.846. The van der Waals surface area contributed by atoms with Crippen LogP contribution in [0.3, 0.4) is 0 Å². The fourth-order valence-electron chi connectivity index (χ4n) is 2.26. The highest BCUT2D eigenvalue weighted by molar-refractivity contribution is 7.99. The molecule has 2 heterocycles. The summed E-state index contributed by atoms with van der Waals surface area (Å²) in [5, 5.41) is 9.10. The van der Waals surface area contributed by atoms with Gasteiger partial charge in [-0.05, 0) is 18.3 Å². The predicted octanol–water partition coefficient (Wildman–Crippen LogP) is 2.57. The van der Waals surface area contributed by atoms with Crippen LogP contribution in [0, 0.1) is 11.8 Å². The first-order chi connectivity index (χ1) is 9.39. The largest absolute Gasteiger partial charge is 0.416 e. The smallest absolute Gasteiger partial charge is 0.276 e. The van der Waals surface area contributed by atoms with Crippen molar-refractivity contribution in [2.75, 3.05) is 11.5 Å². The van der Waals surface area contributed by atoms with Gasteiger partial charge >= 0.3 is 0 Å². The maximum Gasteiger partial charge on any atom is 0.276 e. The van der Waals surface area contributed by atoms with Crippen molar-refractivity contribution in [2.45, 2.75) is 50.5 Å². The second-order valence-corrected chi connectivity index (χ2v) is 9.20. The number of hydrogen-bond acceptors (Lipinski definition) is 6. The van der Waals surface area contributed by atoms with Crippen LogP contribution in [0.4, 0.5) is 0 Å². The van der Waals surface area contributed by atoms with Crippen molar-refractivity contribution in [3.05, 3.63) is 5.89 Å². The Morgan fingerprint density at radius 2 is 2.15 bits per heavy atom. The van der Waals surface area contributed by atoms with Crippen LogP contribution >= 0.6 is 11.8 Å². The number of sulfone groups is 1. The van der Waals surface area contributed by atoms with Crippen molar-refractivity contribution in [3.63, 3.8) is 0 Å². The number of thioether (sulfide) groups is 1. The topological polar surface area (TPSA) is 73.1 Å². The summed E-state index contributed by atoms with van der Waals surface area (Å²) in [5.41, 5.74) is 0. The second kappa shape index (κ2) is 6.47. The summed E-state index contributed by atoms with van der Waals surface area (Å²) in [4.78, 5) is 0. The average Bonchev–Trinajstić information content (AvgIpc) is 2.95. The highest BCUT2D eigenvalue weighted by Gasteiger charge is 2.29. The first-order valence-corrected chi connectivity index (χ1v) is 9.79. The third kappa shape index (κ3) is 4.22. The summed E-state index contributed by atoms with van der Waals surface area (Å²) in [6, 6.07) is 0. The standard InChI is InChI=1S/C13H22N2O3S2/c1-4-9(2)10(3)19-13-15-14-12(18-13)7-11-5-6-20(16,17)8-11/h9-11H,4-8H2,1-3H3/t9-,10+,11-/m0/s1. The summed E-state index contributed by atoms with van der Waals surface area (Å²) in [6.45, 7) is 6.53. The minimum Gasteiger partial charge on any atom is -0.416 e. The van der Waals surface area contributed by atoms with Gasteiger partial charge in [0.1, 0.15) is 0 Å². The Kier molecular flexibility index (Phi) is 5.12.